The molecule has 1 atom stereocenters. The van der Waals surface area contributed by atoms with Gasteiger partial charge in [-0.05, 0) is 24.1 Å². The first-order valence-electron chi connectivity index (χ1n) is 6.25. The first-order valence-corrected chi connectivity index (χ1v) is 9.65. The Hall–Kier alpha value is 1.79. The average molecular weight is 501 g/mol. The SMILES string of the molecule is CCCC([O])c1c(C(Cl)(Cl)Cl)cc(C(Cl)(Cl)Cl)cc1C(Cl)(Cl)Cl. The van der Waals surface area contributed by atoms with Gasteiger partial charge in [0.05, 0.1) is 0 Å². The van der Waals surface area contributed by atoms with E-state index in [0.717, 1.165) is 0 Å². The fourth-order valence-corrected chi connectivity index (χ4v) is 3.30. The number of alkyl halides is 9. The summed E-state index contributed by atoms with van der Waals surface area (Å²) in [5, 5.41) is 12.6. The van der Waals surface area contributed by atoms with E-state index in [1.807, 2.05) is 6.92 Å². The molecule has 1 unspecified atom stereocenters. The molecule has 0 saturated carbocycles. The molecule has 0 aliphatic rings. The monoisotopic (exact) mass is 497 g/mol. The predicted octanol–water partition coefficient (Wildman–Crippen LogP) is 8.44. The summed E-state index contributed by atoms with van der Waals surface area (Å²) in [7, 11) is 0. The minimum atomic E-state index is -1.96. The Kier molecular flexibility index (Phi) is 8.15. The highest BCUT2D eigenvalue weighted by molar-refractivity contribution is 6.68. The molecule has 0 spiro atoms. The minimum absolute atomic E-state index is 0.0288. The van der Waals surface area contributed by atoms with Crippen LogP contribution in [-0.4, -0.2) is 0 Å². The Bertz CT molecular complexity index is 519. The molecule has 1 nitrogen and oxygen atoms in total. The van der Waals surface area contributed by atoms with Crippen molar-refractivity contribution < 1.29 is 5.11 Å². The highest BCUT2D eigenvalue weighted by atomic mass is 35.6. The van der Waals surface area contributed by atoms with E-state index in [1.165, 1.54) is 12.1 Å². The minimum Gasteiger partial charge on any atom is -0.228 e. The van der Waals surface area contributed by atoms with Crippen LogP contribution in [0.2, 0.25) is 0 Å². The van der Waals surface area contributed by atoms with E-state index < -0.39 is 17.5 Å². The lowest BCUT2D eigenvalue weighted by atomic mass is 9.93. The van der Waals surface area contributed by atoms with Crippen LogP contribution < -0.4 is 0 Å². The van der Waals surface area contributed by atoms with E-state index in [9.17, 15) is 5.11 Å². The third-order valence-corrected chi connectivity index (χ3v) is 4.87. The lowest BCUT2D eigenvalue weighted by molar-refractivity contribution is 0.0790. The zero-order chi connectivity index (χ0) is 18.2. The number of benzene rings is 1. The van der Waals surface area contributed by atoms with Crippen LogP contribution in [0.1, 0.15) is 48.1 Å². The molecule has 10 heteroatoms. The summed E-state index contributed by atoms with van der Waals surface area (Å²) in [6, 6.07) is 2.66. The largest absolute Gasteiger partial charge is 0.228 e. The van der Waals surface area contributed by atoms with Crippen LogP contribution in [0.4, 0.5) is 0 Å². The molecule has 131 valence electrons. The molecular weight excluding hydrogens is 491 g/mol. The molecule has 1 rings (SSSR count). The molecule has 1 radical (unpaired) electrons. The van der Waals surface area contributed by atoms with Gasteiger partial charge in [-0.3, -0.25) is 0 Å². The van der Waals surface area contributed by atoms with Gasteiger partial charge in [0, 0.05) is 16.7 Å². The molecule has 0 amide bonds. The molecule has 0 saturated heterocycles. The standard InChI is InChI=1S/C13H10Cl9O/c1-2-3-9(23)10-7(12(17,18)19)4-6(11(14,15)16)5-8(10)13(20,21)22/h4-5,9H,2-3H2,1H3. The van der Waals surface area contributed by atoms with Gasteiger partial charge in [0.15, 0.2) is 0 Å². The third-order valence-electron chi connectivity index (χ3n) is 2.99. The molecule has 0 fully saturated rings. The quantitative estimate of drug-likeness (QED) is 0.371. The number of hydrogen-bond donors (Lipinski definition) is 0. The number of halogens is 9. The van der Waals surface area contributed by atoms with Crippen molar-refractivity contribution >= 4 is 104 Å². The summed E-state index contributed by atoms with van der Waals surface area (Å²) in [6.07, 6.45) is -0.409. The first-order chi connectivity index (χ1) is 10.2. The Labute approximate surface area is 180 Å². The summed E-state index contributed by atoms with van der Waals surface area (Å²) in [6.45, 7) is 1.84. The number of rotatable bonds is 3. The van der Waals surface area contributed by atoms with Crippen molar-refractivity contribution in [2.45, 2.75) is 37.2 Å². The van der Waals surface area contributed by atoms with Crippen LogP contribution >= 0.6 is 104 Å². The zero-order valence-corrected chi connectivity index (χ0v) is 18.3. The Morgan fingerprint density at radius 1 is 0.826 bits per heavy atom. The fourth-order valence-electron chi connectivity index (χ4n) is 2.04. The van der Waals surface area contributed by atoms with Crippen molar-refractivity contribution in [1.82, 2.24) is 0 Å². The van der Waals surface area contributed by atoms with Crippen LogP contribution in [0.25, 0.3) is 0 Å². The molecule has 0 aliphatic heterocycles. The summed E-state index contributed by atoms with van der Waals surface area (Å²) in [5.41, 5.74) is 0.268. The van der Waals surface area contributed by atoms with Gasteiger partial charge in [0.2, 0.25) is 11.4 Å². The Balaban J connectivity index is 3.82. The molecule has 0 N–H and O–H groups in total. The maximum Gasteiger partial charge on any atom is 0.216 e. The topological polar surface area (TPSA) is 19.9 Å². The van der Waals surface area contributed by atoms with Crippen LogP contribution in [0.3, 0.4) is 0 Å². The van der Waals surface area contributed by atoms with E-state index in [4.69, 9.17) is 104 Å². The van der Waals surface area contributed by atoms with Gasteiger partial charge in [-0.25, -0.2) is 5.11 Å². The van der Waals surface area contributed by atoms with Gasteiger partial charge in [0.1, 0.15) is 6.10 Å². The molecule has 0 aromatic heterocycles. The van der Waals surface area contributed by atoms with Crippen LogP contribution in [0.15, 0.2) is 12.1 Å². The maximum absolute atomic E-state index is 12.6. The second kappa shape index (κ2) is 8.21. The van der Waals surface area contributed by atoms with Gasteiger partial charge >= 0.3 is 0 Å². The fraction of sp³-hybridized carbons (Fsp3) is 0.538. The highest BCUT2D eigenvalue weighted by Gasteiger charge is 2.39. The predicted molar refractivity (Wildman–Crippen MR) is 102 cm³/mol. The van der Waals surface area contributed by atoms with Gasteiger partial charge in [-0.15, -0.1) is 0 Å². The number of hydrogen-bond acceptors (Lipinski definition) is 0. The highest BCUT2D eigenvalue weighted by Crippen LogP contribution is 2.52. The zero-order valence-electron chi connectivity index (χ0n) is 11.5. The lowest BCUT2D eigenvalue weighted by Gasteiger charge is -2.28. The second-order valence-electron chi connectivity index (χ2n) is 4.76. The van der Waals surface area contributed by atoms with Crippen LogP contribution in [-0.2, 0) is 16.5 Å². The van der Waals surface area contributed by atoms with E-state index in [1.54, 1.807) is 0 Å². The summed E-state index contributed by atoms with van der Waals surface area (Å²) >= 11 is 53.6. The van der Waals surface area contributed by atoms with Crippen molar-refractivity contribution in [3.05, 3.63) is 34.4 Å². The van der Waals surface area contributed by atoms with Crippen molar-refractivity contribution in [1.29, 1.82) is 0 Å². The van der Waals surface area contributed by atoms with Crippen molar-refractivity contribution in [2.24, 2.45) is 0 Å². The summed E-state index contributed by atoms with van der Waals surface area (Å²) in [4.78, 5) is 0. The summed E-state index contributed by atoms with van der Waals surface area (Å²) < 4.78 is -5.76. The van der Waals surface area contributed by atoms with Crippen LogP contribution in [0.5, 0.6) is 0 Å². The Morgan fingerprint density at radius 2 is 1.22 bits per heavy atom. The van der Waals surface area contributed by atoms with E-state index in [-0.39, 0.29) is 28.7 Å². The van der Waals surface area contributed by atoms with Crippen LogP contribution in [0, 0.1) is 0 Å². The van der Waals surface area contributed by atoms with Gasteiger partial charge in [0.25, 0.3) is 0 Å². The first kappa shape index (κ1) is 22.8. The van der Waals surface area contributed by atoms with E-state index in [0.29, 0.717) is 6.42 Å². The lowest BCUT2D eigenvalue weighted by Crippen LogP contribution is -2.18. The van der Waals surface area contributed by atoms with Gasteiger partial charge in [-0.1, -0.05) is 118 Å². The second-order valence-corrected chi connectivity index (χ2v) is 11.6. The molecule has 23 heavy (non-hydrogen) atoms. The normalized spacial score (nSPS) is 14.9. The molecule has 0 bridgehead atoms. The van der Waals surface area contributed by atoms with Gasteiger partial charge < -0.3 is 0 Å². The Morgan fingerprint density at radius 3 is 1.48 bits per heavy atom. The molecule has 0 aliphatic carbocycles. The van der Waals surface area contributed by atoms with Crippen molar-refractivity contribution in [3.8, 4) is 0 Å². The van der Waals surface area contributed by atoms with Crippen molar-refractivity contribution in [3.63, 3.8) is 0 Å². The average Bonchev–Trinajstić information content (AvgIpc) is 2.34. The smallest absolute Gasteiger partial charge is 0.216 e. The van der Waals surface area contributed by atoms with Crippen molar-refractivity contribution in [2.75, 3.05) is 0 Å². The maximum atomic E-state index is 12.6. The molecular formula is C13H10Cl9O. The third kappa shape index (κ3) is 6.17. The molecule has 1 aromatic rings. The summed E-state index contributed by atoms with van der Waals surface area (Å²) in [5.74, 6) is 0. The van der Waals surface area contributed by atoms with Gasteiger partial charge in [-0.2, -0.15) is 0 Å². The van der Waals surface area contributed by atoms with E-state index >= 15 is 0 Å². The van der Waals surface area contributed by atoms with E-state index in [2.05, 4.69) is 0 Å². The molecule has 0 heterocycles. The molecule has 1 aromatic carbocycles.